The third kappa shape index (κ3) is 2.31. The van der Waals surface area contributed by atoms with Crippen LogP contribution in [0.25, 0.3) is 0 Å². The van der Waals surface area contributed by atoms with E-state index in [1.165, 1.54) is 5.56 Å². The molecule has 0 amide bonds. The van der Waals surface area contributed by atoms with Crippen LogP contribution in [0.15, 0.2) is 18.2 Å². The highest BCUT2D eigenvalue weighted by atomic mass is 16.5. The lowest BCUT2D eigenvalue weighted by molar-refractivity contribution is 0.393. The van der Waals surface area contributed by atoms with Crippen LogP contribution in [0, 0.1) is 0 Å². The van der Waals surface area contributed by atoms with E-state index in [0.717, 1.165) is 42.2 Å². The standard InChI is InChI=1S/C16H22N4O/c1-4-14-18-15(5-2)20(19-14)13-8-10-6-7-11(21-3)9-12(10)16(13)17/h6-7,9,13,16H,4-5,8,17H2,1-3H3. The molecule has 2 aromatic rings. The Hall–Kier alpha value is -1.88. The lowest BCUT2D eigenvalue weighted by Crippen LogP contribution is -2.23. The highest BCUT2D eigenvalue weighted by Gasteiger charge is 2.33. The summed E-state index contributed by atoms with van der Waals surface area (Å²) in [5, 5.41) is 4.65. The molecule has 2 unspecified atom stereocenters. The molecule has 0 aliphatic heterocycles. The molecule has 0 bridgehead atoms. The van der Waals surface area contributed by atoms with Crippen molar-refractivity contribution in [1.29, 1.82) is 0 Å². The Kier molecular flexibility index (Phi) is 3.68. The summed E-state index contributed by atoms with van der Waals surface area (Å²) in [4.78, 5) is 4.59. The second-order valence-corrected chi connectivity index (χ2v) is 5.46. The molecule has 5 nitrogen and oxygen atoms in total. The van der Waals surface area contributed by atoms with Gasteiger partial charge in [0.25, 0.3) is 0 Å². The number of aryl methyl sites for hydroxylation is 2. The Morgan fingerprint density at radius 1 is 1.33 bits per heavy atom. The monoisotopic (exact) mass is 286 g/mol. The zero-order valence-electron chi connectivity index (χ0n) is 12.8. The molecule has 0 saturated heterocycles. The number of hydrogen-bond acceptors (Lipinski definition) is 4. The van der Waals surface area contributed by atoms with Gasteiger partial charge in [0.2, 0.25) is 0 Å². The average molecular weight is 286 g/mol. The van der Waals surface area contributed by atoms with Crippen LogP contribution in [0.1, 0.15) is 48.7 Å². The molecule has 1 aliphatic rings. The van der Waals surface area contributed by atoms with Crippen molar-refractivity contribution in [3.05, 3.63) is 41.0 Å². The third-order valence-electron chi connectivity index (χ3n) is 4.25. The van der Waals surface area contributed by atoms with Gasteiger partial charge < -0.3 is 10.5 Å². The average Bonchev–Trinajstić information content (AvgIpc) is 3.08. The smallest absolute Gasteiger partial charge is 0.150 e. The minimum atomic E-state index is -0.0631. The molecule has 1 aliphatic carbocycles. The molecular weight excluding hydrogens is 264 g/mol. The second-order valence-electron chi connectivity index (χ2n) is 5.46. The van der Waals surface area contributed by atoms with Crippen LogP contribution in [-0.4, -0.2) is 21.9 Å². The zero-order valence-corrected chi connectivity index (χ0v) is 12.8. The third-order valence-corrected chi connectivity index (χ3v) is 4.25. The molecule has 1 heterocycles. The van der Waals surface area contributed by atoms with Crippen molar-refractivity contribution >= 4 is 0 Å². The van der Waals surface area contributed by atoms with Gasteiger partial charge in [0.05, 0.1) is 19.2 Å². The maximum Gasteiger partial charge on any atom is 0.150 e. The molecular formula is C16H22N4O. The Bertz CT molecular complexity index is 650. The molecule has 0 radical (unpaired) electrons. The number of nitrogens with two attached hydrogens (primary N) is 1. The fraction of sp³-hybridized carbons (Fsp3) is 0.500. The number of benzene rings is 1. The second kappa shape index (κ2) is 5.48. The molecule has 3 rings (SSSR count). The normalized spacial score (nSPS) is 20.6. The Labute approximate surface area is 125 Å². The Balaban J connectivity index is 1.97. The van der Waals surface area contributed by atoms with Crippen LogP contribution in [0.2, 0.25) is 0 Å². The maximum absolute atomic E-state index is 6.48. The highest BCUT2D eigenvalue weighted by Crippen LogP contribution is 2.39. The van der Waals surface area contributed by atoms with Crippen molar-refractivity contribution in [1.82, 2.24) is 14.8 Å². The van der Waals surface area contributed by atoms with E-state index in [4.69, 9.17) is 10.5 Å². The number of nitrogens with zero attached hydrogens (tertiary/aromatic N) is 3. The van der Waals surface area contributed by atoms with E-state index in [9.17, 15) is 0 Å². The SMILES string of the molecule is CCc1nc(CC)n(C2Cc3ccc(OC)cc3C2N)n1. The van der Waals surface area contributed by atoms with Crippen molar-refractivity contribution in [3.8, 4) is 5.75 Å². The van der Waals surface area contributed by atoms with Crippen LogP contribution in [0.4, 0.5) is 0 Å². The first-order chi connectivity index (χ1) is 10.2. The van der Waals surface area contributed by atoms with Gasteiger partial charge in [-0.1, -0.05) is 19.9 Å². The zero-order chi connectivity index (χ0) is 15.0. The van der Waals surface area contributed by atoms with E-state index in [2.05, 4.69) is 30.0 Å². The van der Waals surface area contributed by atoms with Gasteiger partial charge in [-0.3, -0.25) is 0 Å². The summed E-state index contributed by atoms with van der Waals surface area (Å²) in [7, 11) is 1.68. The van der Waals surface area contributed by atoms with Crippen molar-refractivity contribution in [2.24, 2.45) is 5.73 Å². The molecule has 2 atom stereocenters. The first kappa shape index (κ1) is 14.1. The molecule has 0 saturated carbocycles. The van der Waals surface area contributed by atoms with Crippen molar-refractivity contribution in [3.63, 3.8) is 0 Å². The number of fused-ring (bicyclic) bond motifs is 1. The minimum absolute atomic E-state index is 0.0631. The number of rotatable bonds is 4. The predicted octanol–water partition coefficient (Wildman–Crippen LogP) is 2.21. The quantitative estimate of drug-likeness (QED) is 0.936. The number of hydrogen-bond donors (Lipinski definition) is 1. The van der Waals surface area contributed by atoms with Gasteiger partial charge in [-0.25, -0.2) is 9.67 Å². The summed E-state index contributed by atoms with van der Waals surface area (Å²) < 4.78 is 7.34. The Morgan fingerprint density at radius 3 is 2.81 bits per heavy atom. The topological polar surface area (TPSA) is 66.0 Å². The number of methoxy groups -OCH3 is 1. The van der Waals surface area contributed by atoms with Crippen molar-refractivity contribution in [2.45, 2.75) is 45.2 Å². The van der Waals surface area contributed by atoms with Gasteiger partial charge in [0, 0.05) is 12.8 Å². The minimum Gasteiger partial charge on any atom is -0.497 e. The fourth-order valence-corrected chi connectivity index (χ4v) is 3.06. The van der Waals surface area contributed by atoms with Gasteiger partial charge in [0.1, 0.15) is 11.6 Å². The van der Waals surface area contributed by atoms with E-state index in [-0.39, 0.29) is 12.1 Å². The van der Waals surface area contributed by atoms with Crippen molar-refractivity contribution in [2.75, 3.05) is 7.11 Å². The van der Waals surface area contributed by atoms with Crippen LogP contribution >= 0.6 is 0 Å². The molecule has 0 fully saturated rings. The van der Waals surface area contributed by atoms with Crippen LogP contribution in [0.5, 0.6) is 5.75 Å². The van der Waals surface area contributed by atoms with Gasteiger partial charge >= 0.3 is 0 Å². The van der Waals surface area contributed by atoms with E-state index < -0.39 is 0 Å². The largest absolute Gasteiger partial charge is 0.497 e. The summed E-state index contributed by atoms with van der Waals surface area (Å²) in [6, 6.07) is 6.23. The first-order valence-electron chi connectivity index (χ1n) is 7.54. The summed E-state index contributed by atoms with van der Waals surface area (Å²) in [5.41, 5.74) is 8.92. The molecule has 2 N–H and O–H groups in total. The molecule has 1 aromatic heterocycles. The number of aromatic nitrogens is 3. The fourth-order valence-electron chi connectivity index (χ4n) is 3.06. The summed E-state index contributed by atoms with van der Waals surface area (Å²) >= 11 is 0. The first-order valence-corrected chi connectivity index (χ1v) is 7.54. The van der Waals surface area contributed by atoms with Gasteiger partial charge in [-0.05, 0) is 29.7 Å². The maximum atomic E-state index is 6.48. The number of ether oxygens (including phenoxy) is 1. The Morgan fingerprint density at radius 2 is 2.14 bits per heavy atom. The molecule has 0 spiro atoms. The lowest BCUT2D eigenvalue weighted by Gasteiger charge is -2.18. The van der Waals surface area contributed by atoms with E-state index in [0.29, 0.717) is 0 Å². The van der Waals surface area contributed by atoms with Crippen molar-refractivity contribution < 1.29 is 4.74 Å². The van der Waals surface area contributed by atoms with Gasteiger partial charge in [0.15, 0.2) is 5.82 Å². The molecule has 112 valence electrons. The van der Waals surface area contributed by atoms with E-state index in [1.807, 2.05) is 16.8 Å². The highest BCUT2D eigenvalue weighted by molar-refractivity contribution is 5.42. The summed E-state index contributed by atoms with van der Waals surface area (Å²) in [5.74, 6) is 2.77. The van der Waals surface area contributed by atoms with Gasteiger partial charge in [-0.2, -0.15) is 5.10 Å². The van der Waals surface area contributed by atoms with E-state index in [1.54, 1.807) is 7.11 Å². The lowest BCUT2D eigenvalue weighted by atomic mass is 10.1. The van der Waals surface area contributed by atoms with Crippen LogP contribution < -0.4 is 10.5 Å². The predicted molar refractivity (Wildman–Crippen MR) is 81.4 cm³/mol. The molecule has 5 heteroatoms. The summed E-state index contributed by atoms with van der Waals surface area (Å²) in [6.07, 6.45) is 2.62. The van der Waals surface area contributed by atoms with Crippen LogP contribution in [-0.2, 0) is 19.3 Å². The van der Waals surface area contributed by atoms with Gasteiger partial charge in [-0.15, -0.1) is 0 Å². The van der Waals surface area contributed by atoms with Crippen LogP contribution in [0.3, 0.4) is 0 Å². The molecule has 1 aromatic carbocycles. The summed E-state index contributed by atoms with van der Waals surface area (Å²) in [6.45, 7) is 4.18. The molecule has 21 heavy (non-hydrogen) atoms. The van der Waals surface area contributed by atoms with E-state index >= 15 is 0 Å².